The van der Waals surface area contributed by atoms with Gasteiger partial charge in [0, 0.05) is 17.7 Å². The fourth-order valence-electron chi connectivity index (χ4n) is 4.59. The van der Waals surface area contributed by atoms with Crippen molar-refractivity contribution in [1.82, 2.24) is 14.8 Å². The summed E-state index contributed by atoms with van der Waals surface area (Å²) in [5, 5.41) is 7.75. The molecule has 2 heterocycles. The predicted molar refractivity (Wildman–Crippen MR) is 118 cm³/mol. The van der Waals surface area contributed by atoms with Gasteiger partial charge in [0.2, 0.25) is 5.95 Å². The number of fused-ring (bicyclic) bond motifs is 1. The van der Waals surface area contributed by atoms with E-state index in [2.05, 4.69) is 15.4 Å². The molecule has 0 radical (unpaired) electrons. The summed E-state index contributed by atoms with van der Waals surface area (Å²) in [5.41, 5.74) is 3.63. The Morgan fingerprint density at radius 1 is 0.938 bits per heavy atom. The lowest BCUT2D eigenvalue weighted by atomic mass is 9.78. The number of hydrogen-bond acceptors (Lipinski definition) is 7. The van der Waals surface area contributed by atoms with Crippen LogP contribution in [0.15, 0.2) is 60.1 Å². The summed E-state index contributed by atoms with van der Waals surface area (Å²) in [4.78, 5) is 17.9. The van der Waals surface area contributed by atoms with E-state index < -0.39 is 0 Å². The van der Waals surface area contributed by atoms with E-state index in [1.165, 1.54) is 6.33 Å². The summed E-state index contributed by atoms with van der Waals surface area (Å²) in [7, 11) is 4.86. The number of carbonyl (C=O) groups excluding carboxylic acids is 1. The fourth-order valence-corrected chi connectivity index (χ4v) is 4.59. The molecular formula is C24H24N4O4. The Balaban J connectivity index is 1.54. The van der Waals surface area contributed by atoms with Crippen LogP contribution in [0.25, 0.3) is 0 Å². The minimum Gasteiger partial charge on any atom is -0.497 e. The van der Waals surface area contributed by atoms with Crippen molar-refractivity contribution < 1.29 is 19.0 Å². The first-order valence-corrected chi connectivity index (χ1v) is 10.4. The summed E-state index contributed by atoms with van der Waals surface area (Å²) in [6, 6.07) is 13.2. The number of aromatic nitrogens is 3. The van der Waals surface area contributed by atoms with E-state index in [0.717, 1.165) is 28.1 Å². The van der Waals surface area contributed by atoms with Crippen molar-refractivity contribution in [1.29, 1.82) is 0 Å². The van der Waals surface area contributed by atoms with Crippen LogP contribution in [-0.2, 0) is 4.79 Å². The van der Waals surface area contributed by atoms with Crippen molar-refractivity contribution in [2.75, 3.05) is 26.6 Å². The molecule has 1 N–H and O–H groups in total. The van der Waals surface area contributed by atoms with Gasteiger partial charge >= 0.3 is 0 Å². The van der Waals surface area contributed by atoms with Crippen molar-refractivity contribution in [3.8, 4) is 17.2 Å². The number of ketones is 1. The molecule has 0 fully saturated rings. The molecule has 5 rings (SSSR count). The first kappa shape index (κ1) is 20.1. The predicted octanol–water partition coefficient (Wildman–Crippen LogP) is 3.72. The second-order valence-corrected chi connectivity index (χ2v) is 7.86. The average molecular weight is 432 g/mol. The normalized spacial score (nSPS) is 19.7. The van der Waals surface area contributed by atoms with Gasteiger partial charge in [0.25, 0.3) is 0 Å². The zero-order chi connectivity index (χ0) is 22.2. The molecule has 8 nitrogen and oxygen atoms in total. The first-order valence-electron chi connectivity index (χ1n) is 10.4. The second kappa shape index (κ2) is 8.03. The van der Waals surface area contributed by atoms with Crippen LogP contribution in [0.4, 0.5) is 5.95 Å². The van der Waals surface area contributed by atoms with Gasteiger partial charge < -0.3 is 19.5 Å². The minimum atomic E-state index is -0.325. The van der Waals surface area contributed by atoms with Crippen LogP contribution in [0.3, 0.4) is 0 Å². The molecular weight excluding hydrogens is 408 g/mol. The third-order valence-corrected chi connectivity index (χ3v) is 6.17. The number of nitrogens with one attached hydrogen (secondary N) is 1. The summed E-state index contributed by atoms with van der Waals surface area (Å²) >= 11 is 0. The summed E-state index contributed by atoms with van der Waals surface area (Å²) in [5.74, 6) is 2.84. The molecule has 32 heavy (non-hydrogen) atoms. The average Bonchev–Trinajstić information content (AvgIpc) is 3.30. The number of nitrogens with zero attached hydrogens (tertiary/aromatic N) is 3. The molecule has 2 atom stereocenters. The Bertz CT molecular complexity index is 1200. The maximum Gasteiger partial charge on any atom is 0.226 e. The van der Waals surface area contributed by atoms with Crippen molar-refractivity contribution >= 4 is 11.7 Å². The Hall–Kier alpha value is -3.81. The van der Waals surface area contributed by atoms with E-state index in [9.17, 15) is 4.79 Å². The molecule has 0 amide bonds. The number of hydrogen-bond donors (Lipinski definition) is 1. The highest BCUT2D eigenvalue weighted by Crippen LogP contribution is 2.45. The third-order valence-electron chi connectivity index (χ3n) is 6.17. The van der Waals surface area contributed by atoms with E-state index in [4.69, 9.17) is 14.2 Å². The van der Waals surface area contributed by atoms with Crippen molar-refractivity contribution in [3.05, 3.63) is 71.2 Å². The van der Waals surface area contributed by atoms with E-state index in [-0.39, 0.29) is 17.7 Å². The third kappa shape index (κ3) is 3.28. The molecule has 1 aliphatic carbocycles. The van der Waals surface area contributed by atoms with Crippen LogP contribution in [0.2, 0.25) is 0 Å². The lowest BCUT2D eigenvalue weighted by Crippen LogP contribution is -2.33. The SMILES string of the molecule is COc1ccc(C2C3=C(CC(c4ccc(OC)c(OC)c4)CC3=O)Nc3ncnn32)cc1. The first-order chi connectivity index (χ1) is 15.6. The molecule has 3 aromatic rings. The quantitative estimate of drug-likeness (QED) is 0.657. The van der Waals surface area contributed by atoms with Gasteiger partial charge in [-0.1, -0.05) is 18.2 Å². The smallest absolute Gasteiger partial charge is 0.226 e. The summed E-state index contributed by atoms with van der Waals surface area (Å²) in [6.07, 6.45) is 2.61. The van der Waals surface area contributed by atoms with E-state index >= 15 is 0 Å². The monoisotopic (exact) mass is 432 g/mol. The van der Waals surface area contributed by atoms with Crippen LogP contribution in [0.5, 0.6) is 17.2 Å². The maximum absolute atomic E-state index is 13.5. The number of methoxy groups -OCH3 is 3. The second-order valence-electron chi connectivity index (χ2n) is 7.86. The molecule has 1 aromatic heterocycles. The van der Waals surface area contributed by atoms with E-state index in [1.807, 2.05) is 42.5 Å². The van der Waals surface area contributed by atoms with Gasteiger partial charge in [-0.05, 0) is 47.7 Å². The Morgan fingerprint density at radius 3 is 2.41 bits per heavy atom. The van der Waals surface area contributed by atoms with Crippen LogP contribution in [0.1, 0.15) is 35.9 Å². The van der Waals surface area contributed by atoms with Gasteiger partial charge in [0.15, 0.2) is 17.3 Å². The Morgan fingerprint density at radius 2 is 1.69 bits per heavy atom. The molecule has 8 heteroatoms. The lowest BCUT2D eigenvalue weighted by molar-refractivity contribution is -0.116. The zero-order valence-electron chi connectivity index (χ0n) is 18.2. The molecule has 0 saturated carbocycles. The summed E-state index contributed by atoms with van der Waals surface area (Å²) in [6.45, 7) is 0. The molecule has 164 valence electrons. The fraction of sp³-hybridized carbons (Fsp3) is 0.292. The van der Waals surface area contributed by atoms with Gasteiger partial charge in [0.1, 0.15) is 18.1 Å². The van der Waals surface area contributed by atoms with E-state index in [0.29, 0.717) is 30.3 Å². The molecule has 1 aliphatic heterocycles. The van der Waals surface area contributed by atoms with Crippen LogP contribution < -0.4 is 19.5 Å². The van der Waals surface area contributed by atoms with Crippen molar-refractivity contribution in [2.45, 2.75) is 24.8 Å². The Labute approximate surface area is 185 Å². The highest BCUT2D eigenvalue weighted by molar-refractivity contribution is 6.00. The number of rotatable bonds is 5. The zero-order valence-corrected chi connectivity index (χ0v) is 18.2. The maximum atomic E-state index is 13.5. The van der Waals surface area contributed by atoms with Crippen molar-refractivity contribution in [2.24, 2.45) is 0 Å². The van der Waals surface area contributed by atoms with Gasteiger partial charge in [-0.3, -0.25) is 4.79 Å². The van der Waals surface area contributed by atoms with E-state index in [1.54, 1.807) is 26.0 Å². The van der Waals surface area contributed by atoms with Crippen LogP contribution >= 0.6 is 0 Å². The Kier molecular flexibility index (Phi) is 5.05. The standard InChI is InChI=1S/C24H24N4O4/c1-30-17-7-4-14(5-8-17)23-22-18(27-24-25-13-26-28(23)24)10-16(11-19(22)29)15-6-9-20(31-2)21(12-15)32-3/h4-9,12-13,16,23H,10-11H2,1-3H3,(H,25,26,27). The molecule has 2 aliphatic rings. The largest absolute Gasteiger partial charge is 0.497 e. The number of benzene rings is 2. The number of Topliss-reactive ketones (excluding diaryl/α,β-unsaturated/α-hetero) is 1. The number of allylic oxidation sites excluding steroid dienone is 2. The molecule has 0 saturated heterocycles. The molecule has 0 bridgehead atoms. The van der Waals surface area contributed by atoms with Crippen LogP contribution in [0, 0.1) is 0 Å². The highest BCUT2D eigenvalue weighted by atomic mass is 16.5. The molecule has 2 aromatic carbocycles. The molecule has 0 spiro atoms. The number of ether oxygens (including phenoxy) is 3. The van der Waals surface area contributed by atoms with Gasteiger partial charge in [-0.25, -0.2) is 4.68 Å². The number of carbonyl (C=O) groups is 1. The van der Waals surface area contributed by atoms with Crippen molar-refractivity contribution in [3.63, 3.8) is 0 Å². The minimum absolute atomic E-state index is 0.0274. The summed E-state index contributed by atoms with van der Waals surface area (Å²) < 4.78 is 17.9. The van der Waals surface area contributed by atoms with Gasteiger partial charge in [0.05, 0.1) is 21.3 Å². The van der Waals surface area contributed by atoms with Crippen LogP contribution in [-0.4, -0.2) is 41.9 Å². The number of anilines is 1. The van der Waals surface area contributed by atoms with Gasteiger partial charge in [-0.2, -0.15) is 10.1 Å². The van der Waals surface area contributed by atoms with Gasteiger partial charge in [-0.15, -0.1) is 0 Å². The molecule has 2 unspecified atom stereocenters. The topological polar surface area (TPSA) is 87.5 Å². The highest BCUT2D eigenvalue weighted by Gasteiger charge is 2.39. The lowest BCUT2D eigenvalue weighted by Gasteiger charge is -2.35.